The van der Waals surface area contributed by atoms with Crippen LogP contribution in [-0.2, 0) is 9.59 Å². The Morgan fingerprint density at radius 2 is 1.97 bits per heavy atom. The number of benzene rings is 1. The van der Waals surface area contributed by atoms with E-state index >= 15 is 0 Å². The molecule has 3 rings (SSSR count). The Kier molecular flexibility index (Phi) is 7.51. The van der Waals surface area contributed by atoms with E-state index in [2.05, 4.69) is 19.2 Å². The molecule has 2 aliphatic rings. The second kappa shape index (κ2) is 10.1. The standard InChI is InChI=1S/C24H35N3O3/c1-4-26-15-20(11-12-22(26)28)24(30)27-13-6-5-10-21(16-27)25-23(29)19-9-7-8-18(14-19)17(2)3/h7-9,14,17,20-21H,4-6,10-13,15-16H2,1-3H3,(H,25,29). The lowest BCUT2D eigenvalue weighted by Crippen LogP contribution is -2.50. The zero-order valence-electron chi connectivity index (χ0n) is 18.5. The minimum Gasteiger partial charge on any atom is -0.348 e. The van der Waals surface area contributed by atoms with Crippen LogP contribution in [0.25, 0.3) is 0 Å². The second-order valence-corrected chi connectivity index (χ2v) is 8.90. The van der Waals surface area contributed by atoms with Crippen molar-refractivity contribution >= 4 is 17.7 Å². The Labute approximate surface area is 180 Å². The molecule has 0 bridgehead atoms. The van der Waals surface area contributed by atoms with Gasteiger partial charge in [-0.05, 0) is 56.2 Å². The maximum Gasteiger partial charge on any atom is 0.251 e. The van der Waals surface area contributed by atoms with Crippen LogP contribution in [-0.4, -0.2) is 59.7 Å². The molecule has 2 aliphatic heterocycles. The Morgan fingerprint density at radius 3 is 2.70 bits per heavy atom. The highest BCUT2D eigenvalue weighted by Gasteiger charge is 2.33. The van der Waals surface area contributed by atoms with Crippen molar-refractivity contribution in [2.45, 2.75) is 64.8 Å². The molecule has 1 N–H and O–H groups in total. The van der Waals surface area contributed by atoms with E-state index in [-0.39, 0.29) is 29.7 Å². The number of nitrogens with zero attached hydrogens (tertiary/aromatic N) is 2. The Hall–Kier alpha value is -2.37. The molecule has 3 amide bonds. The fourth-order valence-electron chi connectivity index (χ4n) is 4.45. The molecule has 0 aromatic heterocycles. The van der Waals surface area contributed by atoms with Crippen LogP contribution >= 0.6 is 0 Å². The van der Waals surface area contributed by atoms with Gasteiger partial charge in [0.15, 0.2) is 0 Å². The SMILES string of the molecule is CCN1CC(C(=O)N2CCCCC(NC(=O)c3cccc(C(C)C)c3)C2)CCC1=O. The molecule has 2 fully saturated rings. The lowest BCUT2D eigenvalue weighted by molar-refractivity contribution is -0.143. The molecule has 0 saturated carbocycles. The predicted octanol–water partition coefficient (Wildman–Crippen LogP) is 3.18. The zero-order chi connectivity index (χ0) is 21.7. The summed E-state index contributed by atoms with van der Waals surface area (Å²) in [6.45, 7) is 8.63. The summed E-state index contributed by atoms with van der Waals surface area (Å²) in [4.78, 5) is 41.7. The van der Waals surface area contributed by atoms with Gasteiger partial charge in [-0.3, -0.25) is 14.4 Å². The summed E-state index contributed by atoms with van der Waals surface area (Å²) in [5.74, 6) is 0.445. The average molecular weight is 414 g/mol. The first-order valence-corrected chi connectivity index (χ1v) is 11.4. The van der Waals surface area contributed by atoms with Gasteiger partial charge >= 0.3 is 0 Å². The maximum atomic E-state index is 13.2. The van der Waals surface area contributed by atoms with Gasteiger partial charge in [0.1, 0.15) is 0 Å². The third-order valence-electron chi connectivity index (χ3n) is 6.36. The summed E-state index contributed by atoms with van der Waals surface area (Å²) >= 11 is 0. The van der Waals surface area contributed by atoms with Gasteiger partial charge in [0, 0.05) is 44.2 Å². The molecule has 30 heavy (non-hydrogen) atoms. The van der Waals surface area contributed by atoms with Crippen molar-refractivity contribution in [2.75, 3.05) is 26.2 Å². The van der Waals surface area contributed by atoms with Crippen molar-refractivity contribution < 1.29 is 14.4 Å². The molecule has 2 atom stereocenters. The van der Waals surface area contributed by atoms with Crippen LogP contribution in [0.2, 0.25) is 0 Å². The van der Waals surface area contributed by atoms with Gasteiger partial charge in [-0.2, -0.15) is 0 Å². The van der Waals surface area contributed by atoms with Crippen LogP contribution in [0.15, 0.2) is 24.3 Å². The topological polar surface area (TPSA) is 69.7 Å². The van der Waals surface area contributed by atoms with Gasteiger partial charge in [-0.1, -0.05) is 26.0 Å². The van der Waals surface area contributed by atoms with Gasteiger partial charge in [-0.15, -0.1) is 0 Å². The Bertz CT molecular complexity index is 777. The fourth-order valence-corrected chi connectivity index (χ4v) is 4.45. The summed E-state index contributed by atoms with van der Waals surface area (Å²) in [5, 5.41) is 3.16. The number of nitrogens with one attached hydrogen (secondary N) is 1. The van der Waals surface area contributed by atoms with E-state index in [1.165, 1.54) is 0 Å². The number of amides is 3. The largest absolute Gasteiger partial charge is 0.348 e. The Balaban J connectivity index is 1.63. The average Bonchev–Trinajstić information content (AvgIpc) is 2.99. The highest BCUT2D eigenvalue weighted by molar-refractivity contribution is 5.94. The molecule has 1 aromatic carbocycles. The quantitative estimate of drug-likeness (QED) is 0.806. The lowest BCUT2D eigenvalue weighted by atomic mass is 9.95. The fraction of sp³-hybridized carbons (Fsp3) is 0.625. The molecular formula is C24H35N3O3. The van der Waals surface area contributed by atoms with Crippen molar-refractivity contribution in [1.29, 1.82) is 0 Å². The summed E-state index contributed by atoms with van der Waals surface area (Å²) in [5.41, 5.74) is 1.82. The zero-order valence-corrected chi connectivity index (χ0v) is 18.5. The van der Waals surface area contributed by atoms with Gasteiger partial charge < -0.3 is 15.1 Å². The number of piperidine rings is 1. The number of carbonyl (C=O) groups is 3. The minimum absolute atomic E-state index is 0.0424. The van der Waals surface area contributed by atoms with E-state index in [4.69, 9.17) is 0 Å². The molecule has 2 unspecified atom stereocenters. The van der Waals surface area contributed by atoms with E-state index in [0.29, 0.717) is 44.0 Å². The first-order valence-electron chi connectivity index (χ1n) is 11.4. The predicted molar refractivity (Wildman–Crippen MR) is 117 cm³/mol. The van der Waals surface area contributed by atoms with Gasteiger partial charge in [-0.25, -0.2) is 0 Å². The minimum atomic E-state index is -0.125. The van der Waals surface area contributed by atoms with Crippen molar-refractivity contribution in [3.8, 4) is 0 Å². The van der Waals surface area contributed by atoms with Crippen molar-refractivity contribution in [1.82, 2.24) is 15.1 Å². The summed E-state index contributed by atoms with van der Waals surface area (Å²) < 4.78 is 0. The van der Waals surface area contributed by atoms with Crippen LogP contribution in [0, 0.1) is 5.92 Å². The summed E-state index contributed by atoms with van der Waals surface area (Å²) in [7, 11) is 0. The van der Waals surface area contributed by atoms with Crippen LogP contribution < -0.4 is 5.32 Å². The summed E-state index contributed by atoms with van der Waals surface area (Å²) in [6, 6.07) is 7.73. The van der Waals surface area contributed by atoms with Crippen LogP contribution in [0.5, 0.6) is 0 Å². The molecule has 1 aromatic rings. The second-order valence-electron chi connectivity index (χ2n) is 8.90. The number of rotatable bonds is 5. The van der Waals surface area contributed by atoms with E-state index in [0.717, 1.165) is 31.4 Å². The van der Waals surface area contributed by atoms with Gasteiger partial charge in [0.2, 0.25) is 11.8 Å². The van der Waals surface area contributed by atoms with E-state index in [9.17, 15) is 14.4 Å². The highest BCUT2D eigenvalue weighted by atomic mass is 16.2. The van der Waals surface area contributed by atoms with Crippen LogP contribution in [0.1, 0.15) is 74.7 Å². The van der Waals surface area contributed by atoms with E-state index in [1.54, 1.807) is 4.90 Å². The van der Waals surface area contributed by atoms with Crippen LogP contribution in [0.4, 0.5) is 0 Å². The highest BCUT2D eigenvalue weighted by Crippen LogP contribution is 2.22. The van der Waals surface area contributed by atoms with E-state index < -0.39 is 0 Å². The third-order valence-corrected chi connectivity index (χ3v) is 6.36. The summed E-state index contributed by atoms with van der Waals surface area (Å²) in [6.07, 6.45) is 3.90. The molecule has 0 radical (unpaired) electrons. The molecule has 164 valence electrons. The molecule has 2 heterocycles. The molecular weight excluding hydrogens is 378 g/mol. The number of carbonyl (C=O) groups excluding carboxylic acids is 3. The normalized spacial score (nSPS) is 22.7. The maximum absolute atomic E-state index is 13.2. The van der Waals surface area contributed by atoms with Crippen LogP contribution in [0.3, 0.4) is 0 Å². The first-order chi connectivity index (χ1) is 14.4. The van der Waals surface area contributed by atoms with Gasteiger partial charge in [0.25, 0.3) is 5.91 Å². The van der Waals surface area contributed by atoms with Crippen molar-refractivity contribution in [3.63, 3.8) is 0 Å². The number of likely N-dealkylation sites (tertiary alicyclic amines) is 2. The van der Waals surface area contributed by atoms with E-state index in [1.807, 2.05) is 36.1 Å². The molecule has 6 heteroatoms. The first kappa shape index (κ1) is 22.3. The van der Waals surface area contributed by atoms with Crippen molar-refractivity contribution in [3.05, 3.63) is 35.4 Å². The number of hydrogen-bond acceptors (Lipinski definition) is 3. The molecule has 2 saturated heterocycles. The lowest BCUT2D eigenvalue weighted by Gasteiger charge is -2.35. The monoisotopic (exact) mass is 413 g/mol. The van der Waals surface area contributed by atoms with Crippen molar-refractivity contribution in [2.24, 2.45) is 5.92 Å². The number of hydrogen-bond donors (Lipinski definition) is 1. The smallest absolute Gasteiger partial charge is 0.251 e. The third kappa shape index (κ3) is 5.41. The molecule has 0 aliphatic carbocycles. The molecule has 0 spiro atoms. The molecule has 6 nitrogen and oxygen atoms in total. The van der Waals surface area contributed by atoms with Gasteiger partial charge in [0.05, 0.1) is 5.92 Å². The Morgan fingerprint density at radius 1 is 1.17 bits per heavy atom.